The van der Waals surface area contributed by atoms with Crippen molar-refractivity contribution in [3.63, 3.8) is 0 Å². The number of halogens is 4. The first-order valence-electron chi connectivity index (χ1n) is 6.55. The van der Waals surface area contributed by atoms with Crippen LogP contribution in [-0.2, 0) is 0 Å². The lowest BCUT2D eigenvalue weighted by Crippen LogP contribution is -2.03. The summed E-state index contributed by atoms with van der Waals surface area (Å²) < 4.78 is 13.4. The van der Waals surface area contributed by atoms with Crippen LogP contribution >= 0.6 is 34.8 Å². The van der Waals surface area contributed by atoms with E-state index in [1.165, 1.54) is 12.1 Å². The first kappa shape index (κ1) is 17.4. The van der Waals surface area contributed by atoms with Crippen molar-refractivity contribution in [2.45, 2.75) is 0 Å². The van der Waals surface area contributed by atoms with Crippen LogP contribution in [-0.4, -0.2) is 21.0 Å². The molecule has 0 radical (unpaired) electrons. The van der Waals surface area contributed by atoms with E-state index in [0.717, 1.165) is 6.07 Å². The lowest BCUT2D eigenvalue weighted by Gasteiger charge is -2.05. The Morgan fingerprint density at radius 1 is 1.28 bits per heavy atom. The highest BCUT2D eigenvalue weighted by Crippen LogP contribution is 2.37. The van der Waals surface area contributed by atoms with E-state index in [4.69, 9.17) is 40.5 Å². The molecule has 0 saturated heterocycles. The number of anilines is 1. The predicted octanol–water partition coefficient (Wildman–Crippen LogP) is 4.87. The minimum Gasteiger partial charge on any atom is -0.493 e. The molecule has 0 unspecified atom stereocenters. The molecule has 0 fully saturated rings. The van der Waals surface area contributed by atoms with Crippen molar-refractivity contribution in [3.8, 4) is 5.88 Å². The molecule has 2 heterocycles. The minimum absolute atomic E-state index is 0.0927. The first-order chi connectivity index (χ1) is 11.8. The Kier molecular flexibility index (Phi) is 4.51. The summed E-state index contributed by atoms with van der Waals surface area (Å²) in [6.45, 7) is 0. The van der Waals surface area contributed by atoms with Crippen LogP contribution in [0.5, 0.6) is 5.88 Å². The van der Waals surface area contributed by atoms with Crippen LogP contribution in [0.3, 0.4) is 0 Å². The second-order valence-electron chi connectivity index (χ2n) is 4.81. The number of nitrogens with two attached hydrogens (primary N) is 1. The fourth-order valence-corrected chi connectivity index (χ4v) is 2.64. The van der Waals surface area contributed by atoms with Gasteiger partial charge < -0.3 is 15.8 Å². The Bertz CT molecular complexity index is 1050. The molecule has 1 amide bonds. The average molecular weight is 403 g/mol. The lowest BCUT2D eigenvalue weighted by molar-refractivity contribution is 0.0990. The number of azo groups is 1. The molecule has 4 N–H and O–H groups in total. The smallest absolute Gasteiger partial charge is 0.315 e. The van der Waals surface area contributed by atoms with Gasteiger partial charge in [0, 0.05) is 5.39 Å². The Morgan fingerprint density at radius 2 is 2.00 bits per heavy atom. The van der Waals surface area contributed by atoms with E-state index in [0.29, 0.717) is 5.52 Å². The third kappa shape index (κ3) is 3.11. The zero-order chi connectivity index (χ0) is 18.3. The molecular weight excluding hydrogens is 396 g/mol. The van der Waals surface area contributed by atoms with Gasteiger partial charge >= 0.3 is 5.91 Å². The van der Waals surface area contributed by atoms with E-state index in [1.54, 1.807) is 0 Å². The van der Waals surface area contributed by atoms with Gasteiger partial charge in [-0.1, -0.05) is 34.8 Å². The van der Waals surface area contributed by atoms with Crippen LogP contribution in [0.2, 0.25) is 15.2 Å². The maximum atomic E-state index is 13.4. The molecule has 3 aromatic rings. The summed E-state index contributed by atoms with van der Waals surface area (Å²) in [5.74, 6) is -1.90. The van der Waals surface area contributed by atoms with Gasteiger partial charge in [-0.25, -0.2) is 9.37 Å². The van der Waals surface area contributed by atoms with Gasteiger partial charge in [0.1, 0.15) is 10.8 Å². The fourth-order valence-electron chi connectivity index (χ4n) is 2.05. The SMILES string of the molecule is Nc1c(Cl)c(Cl)nc(C(=O)N=Nc2c(O)[nH]c3ccc(F)cc23)c1Cl. The fraction of sp³-hybridized carbons (Fsp3) is 0. The Hall–Kier alpha value is -2.42. The summed E-state index contributed by atoms with van der Waals surface area (Å²) in [5.41, 5.74) is 5.44. The number of carbonyl (C=O) groups is 1. The molecule has 2 aromatic heterocycles. The van der Waals surface area contributed by atoms with Crippen molar-refractivity contribution in [1.29, 1.82) is 0 Å². The molecular formula is C14H7Cl3FN5O2. The number of aromatic nitrogens is 2. The molecule has 11 heteroatoms. The second kappa shape index (κ2) is 6.47. The summed E-state index contributed by atoms with van der Waals surface area (Å²) in [7, 11) is 0. The van der Waals surface area contributed by atoms with Crippen molar-refractivity contribution in [3.05, 3.63) is 44.9 Å². The summed E-state index contributed by atoms with van der Waals surface area (Å²) in [6.07, 6.45) is 0. The monoisotopic (exact) mass is 401 g/mol. The Balaban J connectivity index is 2.02. The van der Waals surface area contributed by atoms with E-state index < -0.39 is 11.7 Å². The average Bonchev–Trinajstić information content (AvgIpc) is 2.88. The van der Waals surface area contributed by atoms with Crippen LogP contribution in [0.25, 0.3) is 10.9 Å². The number of benzene rings is 1. The summed E-state index contributed by atoms with van der Waals surface area (Å²) in [4.78, 5) is 18.5. The quantitative estimate of drug-likeness (QED) is 0.418. The molecule has 1 aromatic carbocycles. The number of rotatable bonds is 2. The zero-order valence-corrected chi connectivity index (χ0v) is 14.3. The molecule has 3 rings (SSSR count). The van der Waals surface area contributed by atoms with Crippen LogP contribution < -0.4 is 5.73 Å². The van der Waals surface area contributed by atoms with Crippen molar-refractivity contribution >= 4 is 63.0 Å². The molecule has 0 aliphatic carbocycles. The number of hydrogen-bond acceptors (Lipinski definition) is 5. The minimum atomic E-state index is -0.972. The maximum absolute atomic E-state index is 13.4. The molecule has 0 aliphatic heterocycles. The first-order valence-corrected chi connectivity index (χ1v) is 7.69. The van der Waals surface area contributed by atoms with Gasteiger partial charge in [-0.15, -0.1) is 10.2 Å². The second-order valence-corrected chi connectivity index (χ2v) is 5.92. The van der Waals surface area contributed by atoms with E-state index in [2.05, 4.69) is 20.2 Å². The van der Waals surface area contributed by atoms with Gasteiger partial charge in [0.05, 0.1) is 16.2 Å². The third-order valence-corrected chi connectivity index (χ3v) is 4.36. The number of carbonyl (C=O) groups excluding carboxylic acids is 1. The predicted molar refractivity (Wildman–Crippen MR) is 92.4 cm³/mol. The number of nitrogens with one attached hydrogen (secondary N) is 1. The Morgan fingerprint density at radius 3 is 2.72 bits per heavy atom. The molecule has 0 spiro atoms. The van der Waals surface area contributed by atoms with Crippen molar-refractivity contribution in [2.24, 2.45) is 10.2 Å². The number of amides is 1. The third-order valence-electron chi connectivity index (χ3n) is 3.23. The standard InChI is InChI=1S/C14H7Cl3FN5O2/c15-7-9(19)8(16)12(17)21-11(7)14(25)23-22-10-5-3-4(18)1-2-6(5)20-13(10)24/h1-3,20,24H,(H2,19,21). The van der Waals surface area contributed by atoms with E-state index in [-0.39, 0.29) is 43.5 Å². The van der Waals surface area contributed by atoms with Crippen molar-refractivity contribution < 1.29 is 14.3 Å². The molecule has 7 nitrogen and oxygen atoms in total. The van der Waals surface area contributed by atoms with Gasteiger partial charge in [0.15, 0.2) is 16.5 Å². The summed E-state index contributed by atoms with van der Waals surface area (Å²) in [5, 5.41) is 16.6. The largest absolute Gasteiger partial charge is 0.493 e. The van der Waals surface area contributed by atoms with E-state index in [1.807, 2.05) is 0 Å². The summed E-state index contributed by atoms with van der Waals surface area (Å²) in [6, 6.07) is 3.74. The molecule has 0 atom stereocenters. The van der Waals surface area contributed by atoms with Crippen molar-refractivity contribution in [1.82, 2.24) is 9.97 Å². The number of pyridine rings is 1. The van der Waals surface area contributed by atoms with Crippen LogP contribution in [0.1, 0.15) is 10.5 Å². The van der Waals surface area contributed by atoms with Gasteiger partial charge in [-0.3, -0.25) is 4.79 Å². The maximum Gasteiger partial charge on any atom is 0.315 e. The highest BCUT2D eigenvalue weighted by Gasteiger charge is 2.20. The van der Waals surface area contributed by atoms with E-state index >= 15 is 0 Å². The van der Waals surface area contributed by atoms with Gasteiger partial charge in [0.25, 0.3) is 0 Å². The number of fused-ring (bicyclic) bond motifs is 1. The van der Waals surface area contributed by atoms with Gasteiger partial charge in [-0.2, -0.15) is 0 Å². The molecule has 0 bridgehead atoms. The molecule has 128 valence electrons. The van der Waals surface area contributed by atoms with Gasteiger partial charge in [-0.05, 0) is 18.2 Å². The number of nitrogen functional groups attached to an aromatic ring is 1. The molecule has 25 heavy (non-hydrogen) atoms. The number of nitrogens with zero attached hydrogens (tertiary/aromatic N) is 3. The lowest BCUT2D eigenvalue weighted by atomic mass is 10.2. The van der Waals surface area contributed by atoms with E-state index in [9.17, 15) is 14.3 Å². The molecule has 0 saturated carbocycles. The molecule has 0 aliphatic rings. The number of H-pyrrole nitrogens is 1. The normalized spacial score (nSPS) is 11.5. The van der Waals surface area contributed by atoms with Crippen LogP contribution in [0.15, 0.2) is 28.4 Å². The Labute approximate surface area is 154 Å². The van der Waals surface area contributed by atoms with Crippen molar-refractivity contribution in [2.75, 3.05) is 5.73 Å². The van der Waals surface area contributed by atoms with Gasteiger partial charge in [0.2, 0.25) is 5.88 Å². The highest BCUT2D eigenvalue weighted by atomic mass is 35.5. The topological polar surface area (TPSA) is 117 Å². The van der Waals surface area contributed by atoms with Crippen LogP contribution in [0, 0.1) is 5.82 Å². The number of aromatic hydroxyl groups is 1. The zero-order valence-electron chi connectivity index (χ0n) is 12.0. The van der Waals surface area contributed by atoms with Crippen LogP contribution in [0.4, 0.5) is 15.8 Å². The highest BCUT2D eigenvalue weighted by molar-refractivity contribution is 6.46. The number of hydrogen-bond donors (Lipinski definition) is 3. The summed E-state index contributed by atoms with van der Waals surface area (Å²) >= 11 is 17.5. The number of aromatic amines is 1.